The van der Waals surface area contributed by atoms with Crippen LogP contribution in [0.15, 0.2) is 67.3 Å². The van der Waals surface area contributed by atoms with Crippen molar-refractivity contribution in [2.75, 3.05) is 11.9 Å². The van der Waals surface area contributed by atoms with Crippen LogP contribution >= 0.6 is 11.6 Å². The van der Waals surface area contributed by atoms with Gasteiger partial charge in [-0.3, -0.25) is 4.79 Å². The fourth-order valence-corrected chi connectivity index (χ4v) is 3.14. The highest BCUT2D eigenvalue weighted by atomic mass is 35.5. The number of aromatic nitrogens is 2. The maximum Gasteiger partial charge on any atom is 0.211 e. The number of rotatable bonds is 11. The molecule has 0 saturated heterocycles. The lowest BCUT2D eigenvalue weighted by Gasteiger charge is -2.19. The van der Waals surface area contributed by atoms with Crippen LogP contribution in [-0.4, -0.2) is 28.7 Å². The number of benzene rings is 2. The molecule has 1 amide bonds. The molecule has 0 radical (unpaired) electrons. The van der Waals surface area contributed by atoms with Crippen molar-refractivity contribution >= 4 is 23.7 Å². The van der Waals surface area contributed by atoms with Crippen molar-refractivity contribution < 1.29 is 9.53 Å². The highest BCUT2D eigenvalue weighted by Gasteiger charge is 2.11. The molecule has 0 saturated carbocycles. The fourth-order valence-electron chi connectivity index (χ4n) is 3.02. The predicted molar refractivity (Wildman–Crippen MR) is 112 cm³/mol. The number of aryl methyl sites for hydroxylation is 1. The molecular weight excluding hydrogens is 374 g/mol. The van der Waals surface area contributed by atoms with Gasteiger partial charge in [-0.15, -0.1) is 0 Å². The first-order valence-electron chi connectivity index (χ1n) is 9.34. The second-order valence-corrected chi connectivity index (χ2v) is 7.06. The van der Waals surface area contributed by atoms with Crippen LogP contribution in [0.2, 0.25) is 5.02 Å². The molecule has 0 fully saturated rings. The topological polar surface area (TPSA) is 56.1 Å². The molecule has 3 rings (SSSR count). The maximum absolute atomic E-state index is 10.5. The van der Waals surface area contributed by atoms with Crippen LogP contribution < -0.4 is 5.32 Å². The molecule has 1 heterocycles. The molecule has 0 bridgehead atoms. The highest BCUT2D eigenvalue weighted by Crippen LogP contribution is 2.15. The number of hydrogen-bond acceptors (Lipinski definition) is 3. The van der Waals surface area contributed by atoms with Crippen molar-refractivity contribution in [2.24, 2.45) is 0 Å². The molecule has 146 valence electrons. The summed E-state index contributed by atoms with van der Waals surface area (Å²) in [6, 6.07) is 15.8. The molecular formula is C22H24ClN3O2. The number of amides is 1. The lowest BCUT2D eigenvalue weighted by Crippen LogP contribution is -2.21. The minimum Gasteiger partial charge on any atom is -0.376 e. The number of hydrogen-bond donors (Lipinski definition) is 1. The Morgan fingerprint density at radius 3 is 2.46 bits per heavy atom. The summed E-state index contributed by atoms with van der Waals surface area (Å²) in [6.07, 6.45) is 9.01. The fraction of sp³-hybridized carbons (Fsp3) is 0.273. The SMILES string of the molecule is O=CNc1ccc(CCOC(CCc2ccc(Cl)cc2)Cn2ccnc2)cc1. The van der Waals surface area contributed by atoms with Crippen molar-refractivity contribution in [1.82, 2.24) is 9.55 Å². The van der Waals surface area contributed by atoms with Crippen LogP contribution in [0.25, 0.3) is 0 Å². The van der Waals surface area contributed by atoms with Gasteiger partial charge in [-0.25, -0.2) is 4.98 Å². The second-order valence-electron chi connectivity index (χ2n) is 6.63. The molecule has 1 N–H and O–H groups in total. The average Bonchev–Trinajstić information content (AvgIpc) is 3.22. The zero-order valence-electron chi connectivity index (χ0n) is 15.6. The normalized spacial score (nSPS) is 11.9. The maximum atomic E-state index is 10.5. The van der Waals surface area contributed by atoms with Crippen LogP contribution in [0.5, 0.6) is 0 Å². The van der Waals surface area contributed by atoms with Crippen LogP contribution in [0.1, 0.15) is 17.5 Å². The summed E-state index contributed by atoms with van der Waals surface area (Å²) in [5.41, 5.74) is 3.22. The highest BCUT2D eigenvalue weighted by molar-refractivity contribution is 6.30. The Morgan fingerprint density at radius 1 is 1.07 bits per heavy atom. The van der Waals surface area contributed by atoms with Crippen LogP contribution in [0, 0.1) is 0 Å². The first kappa shape index (κ1) is 20.1. The molecule has 1 unspecified atom stereocenters. The first-order chi connectivity index (χ1) is 13.7. The lowest BCUT2D eigenvalue weighted by molar-refractivity contribution is -0.105. The molecule has 0 aliphatic carbocycles. The zero-order chi connectivity index (χ0) is 19.6. The monoisotopic (exact) mass is 397 g/mol. The third-order valence-corrected chi connectivity index (χ3v) is 4.82. The molecule has 28 heavy (non-hydrogen) atoms. The number of ether oxygens (including phenoxy) is 1. The summed E-state index contributed by atoms with van der Waals surface area (Å²) in [7, 11) is 0. The van der Waals surface area contributed by atoms with Gasteiger partial charge in [0, 0.05) is 29.6 Å². The van der Waals surface area contributed by atoms with Gasteiger partial charge < -0.3 is 14.6 Å². The number of anilines is 1. The Labute approximate surface area is 170 Å². The summed E-state index contributed by atoms with van der Waals surface area (Å²) in [5.74, 6) is 0. The Hall–Kier alpha value is -2.63. The summed E-state index contributed by atoms with van der Waals surface area (Å²) < 4.78 is 8.24. The molecule has 1 aromatic heterocycles. The number of nitrogens with zero attached hydrogens (tertiary/aromatic N) is 2. The van der Waals surface area contributed by atoms with Gasteiger partial charge >= 0.3 is 0 Å². The Morgan fingerprint density at radius 2 is 1.79 bits per heavy atom. The third-order valence-electron chi connectivity index (χ3n) is 4.57. The van der Waals surface area contributed by atoms with E-state index in [2.05, 4.69) is 22.4 Å². The van der Waals surface area contributed by atoms with Crippen molar-refractivity contribution in [3.8, 4) is 0 Å². The zero-order valence-corrected chi connectivity index (χ0v) is 16.4. The van der Waals surface area contributed by atoms with Crippen molar-refractivity contribution in [2.45, 2.75) is 31.9 Å². The van der Waals surface area contributed by atoms with Gasteiger partial charge in [-0.2, -0.15) is 0 Å². The van der Waals surface area contributed by atoms with E-state index in [0.29, 0.717) is 13.0 Å². The number of carbonyl (C=O) groups excluding carboxylic acids is 1. The van der Waals surface area contributed by atoms with E-state index in [4.69, 9.17) is 16.3 Å². The minimum atomic E-state index is 0.0980. The standard InChI is InChI=1S/C22H24ClN3O2/c23-20-6-1-18(2-7-20)5-10-22(15-26-13-12-24-16-26)28-14-11-19-3-8-21(9-4-19)25-17-27/h1-4,6-9,12-13,16-17,22H,5,10-11,14-15H2,(H,25,27). The van der Waals surface area contributed by atoms with Gasteiger partial charge in [-0.05, 0) is 54.7 Å². The Kier molecular flexibility index (Phi) is 7.64. The minimum absolute atomic E-state index is 0.0980. The van der Waals surface area contributed by atoms with Crippen LogP contribution in [0.3, 0.4) is 0 Å². The largest absolute Gasteiger partial charge is 0.376 e. The number of nitrogens with one attached hydrogen (secondary N) is 1. The van der Waals surface area contributed by atoms with Gasteiger partial charge in [0.15, 0.2) is 0 Å². The molecule has 1 atom stereocenters. The van der Waals surface area contributed by atoms with Crippen molar-refractivity contribution in [3.05, 3.63) is 83.4 Å². The van der Waals surface area contributed by atoms with Crippen molar-refractivity contribution in [1.29, 1.82) is 0 Å². The molecule has 3 aromatic rings. The van der Waals surface area contributed by atoms with E-state index in [1.54, 1.807) is 6.20 Å². The molecule has 0 spiro atoms. The van der Waals surface area contributed by atoms with Crippen molar-refractivity contribution in [3.63, 3.8) is 0 Å². The smallest absolute Gasteiger partial charge is 0.211 e. The van der Waals surface area contributed by atoms with E-state index in [9.17, 15) is 4.79 Å². The van der Waals surface area contributed by atoms with E-state index < -0.39 is 0 Å². The number of carbonyl (C=O) groups is 1. The van der Waals surface area contributed by atoms with Crippen LogP contribution in [-0.2, 0) is 28.9 Å². The summed E-state index contributed by atoms with van der Waals surface area (Å²) in [4.78, 5) is 14.6. The van der Waals surface area contributed by atoms with E-state index in [-0.39, 0.29) is 6.10 Å². The molecule has 5 nitrogen and oxygen atoms in total. The number of halogens is 1. The summed E-state index contributed by atoms with van der Waals surface area (Å²) >= 11 is 5.97. The third kappa shape index (κ3) is 6.51. The number of imidazole rings is 1. The molecule has 2 aromatic carbocycles. The van der Waals surface area contributed by atoms with Gasteiger partial charge in [0.2, 0.25) is 6.41 Å². The lowest BCUT2D eigenvalue weighted by atomic mass is 10.1. The van der Waals surface area contributed by atoms with Crippen LogP contribution in [0.4, 0.5) is 5.69 Å². The molecule has 6 heteroatoms. The van der Waals surface area contributed by atoms with Gasteiger partial charge in [-0.1, -0.05) is 35.9 Å². The second kappa shape index (κ2) is 10.6. The first-order valence-corrected chi connectivity index (χ1v) is 9.71. The quantitative estimate of drug-likeness (QED) is 0.489. The van der Waals surface area contributed by atoms with E-state index in [1.165, 1.54) is 11.1 Å². The Bertz CT molecular complexity index is 833. The van der Waals surface area contributed by atoms with E-state index in [0.717, 1.165) is 36.5 Å². The van der Waals surface area contributed by atoms with Gasteiger partial charge in [0.1, 0.15) is 0 Å². The van der Waals surface area contributed by atoms with E-state index >= 15 is 0 Å². The van der Waals surface area contributed by atoms with E-state index in [1.807, 2.05) is 53.5 Å². The molecule has 0 aliphatic rings. The van der Waals surface area contributed by atoms with Gasteiger partial charge in [0.05, 0.1) is 19.0 Å². The summed E-state index contributed by atoms with van der Waals surface area (Å²) in [6.45, 7) is 1.41. The van der Waals surface area contributed by atoms with Gasteiger partial charge in [0.25, 0.3) is 0 Å². The average molecular weight is 398 g/mol. The summed E-state index contributed by atoms with van der Waals surface area (Å²) in [5, 5.41) is 3.39. The predicted octanol–water partition coefficient (Wildman–Crippen LogP) is 4.37. The Balaban J connectivity index is 1.52. The molecule has 0 aliphatic heterocycles.